The minimum absolute atomic E-state index is 0.0100. The van der Waals surface area contributed by atoms with Crippen molar-refractivity contribution in [3.8, 4) is 0 Å². The second kappa shape index (κ2) is 15.2. The van der Waals surface area contributed by atoms with Gasteiger partial charge in [0.1, 0.15) is 12.6 Å². The number of carbonyl (C=O) groups is 2. The molecule has 0 aromatic heterocycles. The van der Waals surface area contributed by atoms with Crippen molar-refractivity contribution in [1.29, 1.82) is 0 Å². The first-order valence-corrected chi connectivity index (χ1v) is 16.8. The van der Waals surface area contributed by atoms with Gasteiger partial charge in [-0.25, -0.2) is 8.42 Å². The molecule has 2 amide bonds. The number of carbonyl (C=O) groups excluding carboxylic acids is 2. The molecule has 1 N–H and O–H groups in total. The molecule has 0 fully saturated rings. The van der Waals surface area contributed by atoms with Crippen LogP contribution in [-0.2, 0) is 32.6 Å². The number of nitrogens with zero attached hydrogens (tertiary/aromatic N) is 2. The van der Waals surface area contributed by atoms with Crippen LogP contribution in [0, 0.1) is 13.8 Å². The lowest BCUT2D eigenvalue weighted by Crippen LogP contribution is -2.54. The van der Waals surface area contributed by atoms with Gasteiger partial charge < -0.3 is 10.2 Å². The van der Waals surface area contributed by atoms with E-state index in [1.54, 1.807) is 48.5 Å². The molecular formula is C36H40ClN3O4S. The Morgan fingerprint density at radius 1 is 0.844 bits per heavy atom. The fourth-order valence-corrected chi connectivity index (χ4v) is 6.56. The second-order valence-corrected chi connectivity index (χ2v) is 13.5. The topological polar surface area (TPSA) is 86.8 Å². The third-order valence-corrected chi connectivity index (χ3v) is 10.1. The Kier molecular flexibility index (Phi) is 11.4. The van der Waals surface area contributed by atoms with Crippen molar-refractivity contribution >= 4 is 39.1 Å². The van der Waals surface area contributed by atoms with Crippen LogP contribution in [0.1, 0.15) is 42.5 Å². The molecular weight excluding hydrogens is 606 g/mol. The first kappa shape index (κ1) is 33.7. The number of hydrogen-bond acceptors (Lipinski definition) is 4. The van der Waals surface area contributed by atoms with Gasteiger partial charge in [-0.15, -0.1) is 0 Å². The van der Waals surface area contributed by atoms with E-state index in [9.17, 15) is 18.0 Å². The highest BCUT2D eigenvalue weighted by Crippen LogP contribution is 2.27. The summed E-state index contributed by atoms with van der Waals surface area (Å²) in [5, 5.41) is 3.49. The number of halogens is 1. The van der Waals surface area contributed by atoms with E-state index in [0.717, 1.165) is 21.0 Å². The van der Waals surface area contributed by atoms with Gasteiger partial charge in [-0.2, -0.15) is 0 Å². The van der Waals surface area contributed by atoms with Crippen LogP contribution in [0.5, 0.6) is 0 Å². The van der Waals surface area contributed by atoms with Crippen LogP contribution in [0.25, 0.3) is 0 Å². The molecule has 0 unspecified atom stereocenters. The number of anilines is 1. The molecule has 0 aliphatic heterocycles. The van der Waals surface area contributed by atoms with Crippen molar-refractivity contribution < 1.29 is 18.0 Å². The van der Waals surface area contributed by atoms with Crippen LogP contribution < -0.4 is 9.62 Å². The fourth-order valence-electron chi connectivity index (χ4n) is 4.93. The molecule has 4 aromatic rings. The summed E-state index contributed by atoms with van der Waals surface area (Å²) in [6.07, 6.45) is 0.937. The van der Waals surface area contributed by atoms with Crippen LogP contribution in [-0.4, -0.2) is 43.8 Å². The van der Waals surface area contributed by atoms with E-state index in [0.29, 0.717) is 22.7 Å². The lowest BCUT2D eigenvalue weighted by atomic mass is 10.0. The van der Waals surface area contributed by atoms with Gasteiger partial charge in [-0.3, -0.25) is 13.9 Å². The standard InChI is InChI=1S/C36H40ClN3O4S/c1-5-28(4)38-36(42)34(23-29-14-8-6-9-15-29)39(24-30-16-12-13-19-33(30)37)35(41)25-40(31-21-20-26(2)27(3)22-31)45(43,44)32-17-10-7-11-18-32/h6-22,28,34H,5,23-25H2,1-4H3,(H,38,42)/t28-,34-/m0/s1. The molecule has 236 valence electrons. The predicted molar refractivity (Wildman–Crippen MR) is 181 cm³/mol. The van der Waals surface area contributed by atoms with Gasteiger partial charge >= 0.3 is 0 Å². The van der Waals surface area contributed by atoms with Gasteiger partial charge in [-0.05, 0) is 79.8 Å². The van der Waals surface area contributed by atoms with Crippen LogP contribution in [0.4, 0.5) is 5.69 Å². The first-order chi connectivity index (χ1) is 21.5. The number of sulfonamides is 1. The van der Waals surface area contributed by atoms with Crippen molar-refractivity contribution in [1.82, 2.24) is 10.2 Å². The van der Waals surface area contributed by atoms with Crippen molar-refractivity contribution in [2.75, 3.05) is 10.8 Å². The molecule has 0 spiro atoms. The molecule has 0 saturated heterocycles. The molecule has 0 aliphatic rings. The quantitative estimate of drug-likeness (QED) is 0.175. The molecule has 0 aliphatic carbocycles. The van der Waals surface area contributed by atoms with E-state index in [1.165, 1.54) is 17.0 Å². The van der Waals surface area contributed by atoms with E-state index in [4.69, 9.17) is 11.6 Å². The summed E-state index contributed by atoms with van der Waals surface area (Å²) < 4.78 is 29.4. The van der Waals surface area contributed by atoms with Crippen molar-refractivity contribution in [2.45, 2.75) is 64.1 Å². The summed E-state index contributed by atoms with van der Waals surface area (Å²) >= 11 is 6.57. The molecule has 4 aromatic carbocycles. The molecule has 0 heterocycles. The minimum atomic E-state index is -4.16. The maximum Gasteiger partial charge on any atom is 0.264 e. The third-order valence-electron chi connectivity index (χ3n) is 7.96. The highest BCUT2D eigenvalue weighted by atomic mass is 35.5. The monoisotopic (exact) mass is 645 g/mol. The average Bonchev–Trinajstić information content (AvgIpc) is 3.04. The van der Waals surface area contributed by atoms with Crippen LogP contribution >= 0.6 is 11.6 Å². The number of aryl methyl sites for hydroxylation is 2. The van der Waals surface area contributed by atoms with Gasteiger partial charge in [0.15, 0.2) is 0 Å². The summed E-state index contributed by atoms with van der Waals surface area (Å²) in [5.74, 6) is -0.856. The SMILES string of the molecule is CC[C@H](C)NC(=O)[C@H](Cc1ccccc1)N(Cc1ccccc1Cl)C(=O)CN(c1ccc(C)c(C)c1)S(=O)(=O)c1ccccc1. The maximum absolute atomic E-state index is 14.6. The number of hydrogen-bond donors (Lipinski definition) is 1. The molecule has 0 bridgehead atoms. The minimum Gasteiger partial charge on any atom is -0.352 e. The maximum atomic E-state index is 14.6. The Balaban J connectivity index is 1.83. The second-order valence-electron chi connectivity index (χ2n) is 11.2. The number of rotatable bonds is 13. The Morgan fingerprint density at radius 3 is 2.09 bits per heavy atom. The lowest BCUT2D eigenvalue weighted by molar-refractivity contribution is -0.140. The molecule has 0 saturated carbocycles. The molecule has 7 nitrogen and oxygen atoms in total. The number of amides is 2. The van der Waals surface area contributed by atoms with Gasteiger partial charge in [0.05, 0.1) is 10.6 Å². The Hall–Kier alpha value is -4.14. The largest absolute Gasteiger partial charge is 0.352 e. The van der Waals surface area contributed by atoms with E-state index in [-0.39, 0.29) is 29.8 Å². The zero-order valence-corrected chi connectivity index (χ0v) is 27.7. The Morgan fingerprint density at radius 2 is 1.47 bits per heavy atom. The van der Waals surface area contributed by atoms with Crippen LogP contribution in [0.3, 0.4) is 0 Å². The Labute approximate surface area is 271 Å². The highest BCUT2D eigenvalue weighted by molar-refractivity contribution is 7.92. The summed E-state index contributed by atoms with van der Waals surface area (Å²) in [6, 6.07) is 28.9. The zero-order chi connectivity index (χ0) is 32.6. The summed E-state index contributed by atoms with van der Waals surface area (Å²) in [5.41, 5.74) is 3.74. The van der Waals surface area contributed by atoms with Crippen molar-refractivity contribution in [3.63, 3.8) is 0 Å². The van der Waals surface area contributed by atoms with Crippen LogP contribution in [0.15, 0.2) is 108 Å². The van der Waals surface area contributed by atoms with Crippen molar-refractivity contribution in [3.05, 3.63) is 130 Å². The Bertz CT molecular complexity index is 1720. The van der Waals surface area contributed by atoms with E-state index in [1.807, 2.05) is 70.2 Å². The van der Waals surface area contributed by atoms with E-state index < -0.39 is 28.5 Å². The molecule has 2 atom stereocenters. The van der Waals surface area contributed by atoms with Crippen LogP contribution in [0.2, 0.25) is 5.02 Å². The average molecular weight is 646 g/mol. The summed E-state index contributed by atoms with van der Waals surface area (Å²) in [7, 11) is -4.16. The smallest absolute Gasteiger partial charge is 0.264 e. The summed E-state index contributed by atoms with van der Waals surface area (Å²) in [4.78, 5) is 30.0. The first-order valence-electron chi connectivity index (χ1n) is 15.0. The van der Waals surface area contributed by atoms with E-state index in [2.05, 4.69) is 5.32 Å². The molecule has 45 heavy (non-hydrogen) atoms. The van der Waals surface area contributed by atoms with Gasteiger partial charge in [0, 0.05) is 24.0 Å². The number of nitrogens with one attached hydrogen (secondary N) is 1. The van der Waals surface area contributed by atoms with E-state index >= 15 is 0 Å². The van der Waals surface area contributed by atoms with Crippen molar-refractivity contribution in [2.24, 2.45) is 0 Å². The lowest BCUT2D eigenvalue weighted by Gasteiger charge is -2.34. The van der Waals surface area contributed by atoms with Gasteiger partial charge in [0.2, 0.25) is 11.8 Å². The normalized spacial score (nSPS) is 12.6. The summed E-state index contributed by atoms with van der Waals surface area (Å²) in [6.45, 7) is 7.20. The highest BCUT2D eigenvalue weighted by Gasteiger charge is 2.35. The zero-order valence-electron chi connectivity index (χ0n) is 26.1. The fraction of sp³-hybridized carbons (Fsp3) is 0.278. The molecule has 0 radical (unpaired) electrons. The molecule has 4 rings (SSSR count). The van der Waals surface area contributed by atoms with Gasteiger partial charge in [-0.1, -0.05) is 91.3 Å². The third kappa shape index (κ3) is 8.53. The van der Waals surface area contributed by atoms with Gasteiger partial charge in [0.25, 0.3) is 10.0 Å². The predicted octanol–water partition coefficient (Wildman–Crippen LogP) is 6.71. The molecule has 9 heteroatoms. The number of benzene rings is 4.